The summed E-state index contributed by atoms with van der Waals surface area (Å²) in [6, 6.07) is 0.580. The summed E-state index contributed by atoms with van der Waals surface area (Å²) in [7, 11) is 0. The van der Waals surface area contributed by atoms with Crippen molar-refractivity contribution in [3.05, 3.63) is 0 Å². The molecule has 1 N–H and O–H groups in total. The first-order chi connectivity index (χ1) is 8.58. The fraction of sp³-hybridized carbons (Fsp3) is 1.00. The molecule has 0 aromatic carbocycles. The third kappa shape index (κ3) is 7.62. The second kappa shape index (κ2) is 9.18. The monoisotopic (exact) mass is 274 g/mol. The van der Waals surface area contributed by atoms with Crippen LogP contribution in [0.15, 0.2) is 0 Å². The highest BCUT2D eigenvalue weighted by Crippen LogP contribution is 2.14. The van der Waals surface area contributed by atoms with E-state index in [-0.39, 0.29) is 0 Å². The Bertz CT molecular complexity index is 204. The second-order valence-electron chi connectivity index (χ2n) is 5.68. The number of thiol groups is 1. The van der Waals surface area contributed by atoms with Crippen LogP contribution in [0.4, 0.5) is 0 Å². The quantitative estimate of drug-likeness (QED) is 0.524. The SMILES string of the molecule is CC(C)NCCCOC1CCN(C[C@H](C)S)CC1. The van der Waals surface area contributed by atoms with E-state index in [2.05, 4.69) is 43.6 Å². The number of ether oxygens (including phenoxy) is 1. The van der Waals surface area contributed by atoms with Crippen molar-refractivity contribution >= 4 is 12.6 Å². The molecule has 18 heavy (non-hydrogen) atoms. The van der Waals surface area contributed by atoms with Crippen LogP contribution >= 0.6 is 12.6 Å². The van der Waals surface area contributed by atoms with Gasteiger partial charge in [0.15, 0.2) is 0 Å². The van der Waals surface area contributed by atoms with Crippen LogP contribution in [-0.4, -0.2) is 55.1 Å². The Hall–Kier alpha value is 0.230. The van der Waals surface area contributed by atoms with Gasteiger partial charge in [0, 0.05) is 37.5 Å². The van der Waals surface area contributed by atoms with Crippen molar-refractivity contribution in [2.24, 2.45) is 0 Å². The van der Waals surface area contributed by atoms with Crippen molar-refractivity contribution in [2.75, 3.05) is 32.8 Å². The Kier molecular flexibility index (Phi) is 8.31. The van der Waals surface area contributed by atoms with Gasteiger partial charge in [-0.1, -0.05) is 20.8 Å². The molecular formula is C14H30N2OS. The summed E-state index contributed by atoms with van der Waals surface area (Å²) in [5.74, 6) is 0. The van der Waals surface area contributed by atoms with E-state index in [9.17, 15) is 0 Å². The molecular weight excluding hydrogens is 244 g/mol. The van der Waals surface area contributed by atoms with Crippen LogP contribution in [0.3, 0.4) is 0 Å². The molecule has 1 heterocycles. The van der Waals surface area contributed by atoms with Gasteiger partial charge in [-0.05, 0) is 25.8 Å². The molecule has 0 aromatic rings. The van der Waals surface area contributed by atoms with Crippen molar-refractivity contribution in [1.29, 1.82) is 0 Å². The maximum Gasteiger partial charge on any atom is 0.0599 e. The fourth-order valence-electron chi connectivity index (χ4n) is 2.35. The first kappa shape index (κ1) is 16.3. The van der Waals surface area contributed by atoms with Gasteiger partial charge in [0.05, 0.1) is 6.10 Å². The van der Waals surface area contributed by atoms with Crippen molar-refractivity contribution in [3.8, 4) is 0 Å². The Morgan fingerprint density at radius 3 is 2.50 bits per heavy atom. The molecule has 0 radical (unpaired) electrons. The zero-order valence-corrected chi connectivity index (χ0v) is 13.1. The molecule has 0 saturated carbocycles. The molecule has 1 fully saturated rings. The summed E-state index contributed by atoms with van der Waals surface area (Å²) in [4.78, 5) is 2.50. The standard InChI is InChI=1S/C14H30N2OS/c1-12(2)15-7-4-10-17-14-5-8-16(9-6-14)11-13(3)18/h12-15,18H,4-11H2,1-3H3/t13-/m0/s1. The van der Waals surface area contributed by atoms with Crippen LogP contribution < -0.4 is 5.32 Å². The Morgan fingerprint density at radius 2 is 1.94 bits per heavy atom. The third-order valence-corrected chi connectivity index (χ3v) is 3.45. The van der Waals surface area contributed by atoms with E-state index in [0.717, 1.165) is 26.1 Å². The van der Waals surface area contributed by atoms with Gasteiger partial charge in [-0.2, -0.15) is 12.6 Å². The second-order valence-corrected chi connectivity index (χ2v) is 6.56. The molecule has 0 aromatic heterocycles. The maximum absolute atomic E-state index is 5.93. The number of likely N-dealkylation sites (tertiary alicyclic amines) is 1. The largest absolute Gasteiger partial charge is 0.378 e. The van der Waals surface area contributed by atoms with Gasteiger partial charge >= 0.3 is 0 Å². The van der Waals surface area contributed by atoms with Gasteiger partial charge in [-0.3, -0.25) is 0 Å². The molecule has 4 heteroatoms. The van der Waals surface area contributed by atoms with Crippen molar-refractivity contribution in [1.82, 2.24) is 10.2 Å². The van der Waals surface area contributed by atoms with Gasteiger partial charge in [0.25, 0.3) is 0 Å². The van der Waals surface area contributed by atoms with Crippen molar-refractivity contribution in [2.45, 2.75) is 57.4 Å². The first-order valence-corrected chi connectivity index (χ1v) is 7.85. The van der Waals surface area contributed by atoms with Crippen LogP contribution in [0, 0.1) is 0 Å². The number of nitrogens with zero attached hydrogens (tertiary/aromatic N) is 1. The summed E-state index contributed by atoms with van der Waals surface area (Å²) < 4.78 is 5.93. The molecule has 0 amide bonds. The van der Waals surface area contributed by atoms with E-state index < -0.39 is 0 Å². The minimum Gasteiger partial charge on any atom is -0.378 e. The molecule has 1 aliphatic heterocycles. The predicted octanol–water partition coefficient (Wildman–Crippen LogP) is 2.17. The molecule has 1 rings (SSSR count). The van der Waals surface area contributed by atoms with Gasteiger partial charge in [-0.25, -0.2) is 0 Å². The lowest BCUT2D eigenvalue weighted by molar-refractivity contribution is 0.00694. The average Bonchev–Trinajstić information content (AvgIpc) is 2.30. The smallest absolute Gasteiger partial charge is 0.0599 e. The van der Waals surface area contributed by atoms with E-state index in [1.165, 1.54) is 25.9 Å². The molecule has 1 saturated heterocycles. The van der Waals surface area contributed by atoms with Crippen molar-refractivity contribution < 1.29 is 4.74 Å². The Balaban J connectivity index is 1.98. The van der Waals surface area contributed by atoms with Gasteiger partial charge in [0.2, 0.25) is 0 Å². The molecule has 0 spiro atoms. The van der Waals surface area contributed by atoms with Crippen LogP contribution in [0.2, 0.25) is 0 Å². The van der Waals surface area contributed by atoms with Crippen LogP contribution in [0.25, 0.3) is 0 Å². The number of rotatable bonds is 8. The molecule has 1 aliphatic rings. The molecule has 0 unspecified atom stereocenters. The Labute approximate surface area is 118 Å². The van der Waals surface area contributed by atoms with Gasteiger partial charge in [0.1, 0.15) is 0 Å². The van der Waals surface area contributed by atoms with Crippen LogP contribution in [0.5, 0.6) is 0 Å². The maximum atomic E-state index is 5.93. The molecule has 0 bridgehead atoms. The number of hydrogen-bond acceptors (Lipinski definition) is 4. The van der Waals surface area contributed by atoms with E-state index in [1.807, 2.05) is 0 Å². The highest BCUT2D eigenvalue weighted by atomic mass is 32.1. The molecule has 108 valence electrons. The van der Waals surface area contributed by atoms with Crippen LogP contribution in [-0.2, 0) is 4.74 Å². The zero-order valence-electron chi connectivity index (χ0n) is 12.2. The van der Waals surface area contributed by atoms with Crippen LogP contribution in [0.1, 0.15) is 40.0 Å². The van der Waals surface area contributed by atoms with E-state index in [1.54, 1.807) is 0 Å². The minimum atomic E-state index is 0.476. The van der Waals surface area contributed by atoms with E-state index in [0.29, 0.717) is 17.4 Å². The summed E-state index contributed by atoms with van der Waals surface area (Å²) in [5.41, 5.74) is 0. The Morgan fingerprint density at radius 1 is 1.28 bits per heavy atom. The number of hydrogen-bond donors (Lipinski definition) is 2. The predicted molar refractivity (Wildman–Crippen MR) is 81.6 cm³/mol. The molecule has 1 atom stereocenters. The number of piperidine rings is 1. The fourth-order valence-corrected chi connectivity index (χ4v) is 2.58. The summed E-state index contributed by atoms with van der Waals surface area (Å²) >= 11 is 4.45. The summed E-state index contributed by atoms with van der Waals surface area (Å²) in [6.45, 7) is 11.9. The topological polar surface area (TPSA) is 24.5 Å². The highest BCUT2D eigenvalue weighted by Gasteiger charge is 2.19. The lowest BCUT2D eigenvalue weighted by Crippen LogP contribution is -2.39. The van der Waals surface area contributed by atoms with Gasteiger partial charge in [-0.15, -0.1) is 0 Å². The first-order valence-electron chi connectivity index (χ1n) is 7.33. The summed E-state index contributed by atoms with van der Waals surface area (Å²) in [5, 5.41) is 3.89. The molecule has 0 aliphatic carbocycles. The lowest BCUT2D eigenvalue weighted by atomic mass is 10.1. The summed E-state index contributed by atoms with van der Waals surface area (Å²) in [6.07, 6.45) is 3.96. The van der Waals surface area contributed by atoms with E-state index >= 15 is 0 Å². The average molecular weight is 274 g/mol. The normalized spacial score (nSPS) is 20.5. The number of nitrogens with one attached hydrogen (secondary N) is 1. The minimum absolute atomic E-state index is 0.476. The third-order valence-electron chi connectivity index (χ3n) is 3.28. The van der Waals surface area contributed by atoms with E-state index in [4.69, 9.17) is 4.74 Å². The van der Waals surface area contributed by atoms with Gasteiger partial charge < -0.3 is 15.0 Å². The lowest BCUT2D eigenvalue weighted by Gasteiger charge is -2.32. The highest BCUT2D eigenvalue weighted by molar-refractivity contribution is 7.80. The molecule has 3 nitrogen and oxygen atoms in total. The van der Waals surface area contributed by atoms with Crippen molar-refractivity contribution in [3.63, 3.8) is 0 Å². The zero-order chi connectivity index (χ0) is 13.4.